The SMILES string of the molecule is COc1ccc(C2C(C(C)C)NN3C(=N)C(C#N)=CNC23)cc1. The number of hydrogen-bond donors (Lipinski definition) is 3. The van der Waals surface area contributed by atoms with Gasteiger partial charge in [0.2, 0.25) is 0 Å². The molecule has 2 aliphatic rings. The highest BCUT2D eigenvalue weighted by Crippen LogP contribution is 2.36. The molecule has 2 aliphatic heterocycles. The second kappa shape index (κ2) is 5.94. The molecule has 3 rings (SSSR count). The lowest BCUT2D eigenvalue weighted by atomic mass is 9.84. The van der Waals surface area contributed by atoms with Crippen LogP contribution in [0, 0.1) is 22.7 Å². The Bertz CT molecular complexity index is 673. The van der Waals surface area contributed by atoms with E-state index in [0.29, 0.717) is 11.5 Å². The molecular weight excluding hydrogens is 290 g/mol. The Kier molecular flexibility index (Phi) is 3.97. The second-order valence-corrected chi connectivity index (χ2v) is 6.20. The average Bonchev–Trinajstić information content (AvgIpc) is 2.96. The third-order valence-electron chi connectivity index (χ3n) is 4.53. The van der Waals surface area contributed by atoms with Crippen molar-refractivity contribution in [2.45, 2.75) is 32.0 Å². The lowest BCUT2D eigenvalue weighted by Gasteiger charge is -2.32. The van der Waals surface area contributed by atoms with Gasteiger partial charge in [0.25, 0.3) is 0 Å². The number of rotatable bonds is 3. The quantitative estimate of drug-likeness (QED) is 0.794. The fraction of sp³-hybridized carbons (Fsp3) is 0.412. The number of hydrazine groups is 1. The molecule has 120 valence electrons. The summed E-state index contributed by atoms with van der Waals surface area (Å²) in [5, 5.41) is 22.4. The summed E-state index contributed by atoms with van der Waals surface area (Å²) in [4.78, 5) is 0. The van der Waals surface area contributed by atoms with Crippen molar-refractivity contribution in [3.63, 3.8) is 0 Å². The van der Waals surface area contributed by atoms with Gasteiger partial charge in [-0.3, -0.25) is 10.4 Å². The normalized spacial score (nSPS) is 26.4. The zero-order chi connectivity index (χ0) is 16.6. The molecule has 0 aromatic heterocycles. The molecule has 0 spiro atoms. The molecule has 3 N–H and O–H groups in total. The zero-order valence-electron chi connectivity index (χ0n) is 13.5. The Morgan fingerprint density at radius 2 is 2.00 bits per heavy atom. The van der Waals surface area contributed by atoms with Crippen molar-refractivity contribution in [1.29, 1.82) is 10.7 Å². The van der Waals surface area contributed by atoms with E-state index in [1.54, 1.807) is 18.3 Å². The molecule has 1 fully saturated rings. The number of fused-ring (bicyclic) bond motifs is 1. The van der Waals surface area contributed by atoms with Crippen LogP contribution in [-0.4, -0.2) is 30.2 Å². The van der Waals surface area contributed by atoms with Crippen LogP contribution < -0.4 is 15.5 Å². The third kappa shape index (κ3) is 2.53. The number of ether oxygens (including phenoxy) is 1. The molecule has 23 heavy (non-hydrogen) atoms. The molecule has 6 nitrogen and oxygen atoms in total. The van der Waals surface area contributed by atoms with Gasteiger partial charge in [-0.05, 0) is 23.6 Å². The van der Waals surface area contributed by atoms with Gasteiger partial charge in [0, 0.05) is 18.2 Å². The number of hydrogen-bond acceptors (Lipinski definition) is 5. The molecule has 0 radical (unpaired) electrons. The molecule has 2 heterocycles. The number of nitriles is 1. The van der Waals surface area contributed by atoms with Crippen LogP contribution in [0.3, 0.4) is 0 Å². The fourth-order valence-electron chi connectivity index (χ4n) is 3.29. The fourth-order valence-corrected chi connectivity index (χ4v) is 3.29. The summed E-state index contributed by atoms with van der Waals surface area (Å²) in [6.07, 6.45) is 1.56. The predicted molar refractivity (Wildman–Crippen MR) is 87.7 cm³/mol. The largest absolute Gasteiger partial charge is 0.497 e. The summed E-state index contributed by atoms with van der Waals surface area (Å²) in [6, 6.07) is 10.3. The molecule has 3 unspecified atom stereocenters. The minimum atomic E-state index is -0.0830. The van der Waals surface area contributed by atoms with E-state index >= 15 is 0 Å². The molecule has 1 saturated heterocycles. The molecule has 0 saturated carbocycles. The predicted octanol–water partition coefficient (Wildman–Crippen LogP) is 1.94. The summed E-state index contributed by atoms with van der Waals surface area (Å²) < 4.78 is 5.24. The average molecular weight is 311 g/mol. The third-order valence-corrected chi connectivity index (χ3v) is 4.53. The monoisotopic (exact) mass is 311 g/mol. The smallest absolute Gasteiger partial charge is 0.156 e. The Labute approximate surface area is 136 Å². The Hall–Kier alpha value is -2.52. The van der Waals surface area contributed by atoms with E-state index in [1.807, 2.05) is 12.1 Å². The molecule has 3 atom stereocenters. The Morgan fingerprint density at radius 1 is 1.30 bits per heavy atom. The highest BCUT2D eigenvalue weighted by Gasteiger charge is 2.46. The van der Waals surface area contributed by atoms with Crippen LogP contribution >= 0.6 is 0 Å². The van der Waals surface area contributed by atoms with Crippen LogP contribution in [0.4, 0.5) is 0 Å². The van der Waals surface area contributed by atoms with Crippen molar-refractivity contribution in [3.8, 4) is 11.8 Å². The van der Waals surface area contributed by atoms with Crippen molar-refractivity contribution >= 4 is 5.84 Å². The first-order valence-corrected chi connectivity index (χ1v) is 7.71. The highest BCUT2D eigenvalue weighted by atomic mass is 16.5. The van der Waals surface area contributed by atoms with Crippen molar-refractivity contribution in [1.82, 2.24) is 15.8 Å². The van der Waals surface area contributed by atoms with Gasteiger partial charge in [0.1, 0.15) is 23.6 Å². The molecule has 1 aromatic carbocycles. The van der Waals surface area contributed by atoms with E-state index in [2.05, 4.69) is 42.8 Å². The Balaban J connectivity index is 1.97. The minimum absolute atomic E-state index is 0.0830. The van der Waals surface area contributed by atoms with E-state index < -0.39 is 0 Å². The van der Waals surface area contributed by atoms with Crippen molar-refractivity contribution in [2.75, 3.05) is 7.11 Å². The lowest BCUT2D eigenvalue weighted by molar-refractivity contribution is 0.261. The summed E-state index contributed by atoms with van der Waals surface area (Å²) in [7, 11) is 1.66. The zero-order valence-corrected chi connectivity index (χ0v) is 13.5. The van der Waals surface area contributed by atoms with Gasteiger partial charge in [0.05, 0.1) is 7.11 Å². The van der Waals surface area contributed by atoms with Crippen LogP contribution in [0.25, 0.3) is 0 Å². The van der Waals surface area contributed by atoms with Gasteiger partial charge in [-0.15, -0.1) is 0 Å². The summed E-state index contributed by atoms with van der Waals surface area (Å²) >= 11 is 0. The number of nitrogens with zero attached hydrogens (tertiary/aromatic N) is 2. The minimum Gasteiger partial charge on any atom is -0.497 e. The van der Waals surface area contributed by atoms with Crippen LogP contribution in [0.5, 0.6) is 5.75 Å². The maximum Gasteiger partial charge on any atom is 0.156 e. The molecule has 6 heteroatoms. The van der Waals surface area contributed by atoms with Gasteiger partial charge in [-0.1, -0.05) is 26.0 Å². The summed E-state index contributed by atoms with van der Waals surface area (Å²) in [6.45, 7) is 4.32. The topological polar surface area (TPSA) is 84.2 Å². The van der Waals surface area contributed by atoms with Crippen LogP contribution in [0.1, 0.15) is 25.3 Å². The second-order valence-electron chi connectivity index (χ2n) is 6.20. The highest BCUT2D eigenvalue weighted by molar-refractivity contribution is 6.00. The first kappa shape index (κ1) is 15.4. The number of amidine groups is 1. The van der Waals surface area contributed by atoms with Crippen LogP contribution in [0.15, 0.2) is 36.0 Å². The van der Waals surface area contributed by atoms with Crippen molar-refractivity contribution < 1.29 is 4.74 Å². The van der Waals surface area contributed by atoms with Gasteiger partial charge >= 0.3 is 0 Å². The molecule has 0 aliphatic carbocycles. The first-order valence-electron chi connectivity index (χ1n) is 7.71. The molecular formula is C17H21N5O. The van der Waals surface area contributed by atoms with Gasteiger partial charge in [0.15, 0.2) is 5.84 Å². The van der Waals surface area contributed by atoms with Crippen molar-refractivity contribution in [3.05, 3.63) is 41.6 Å². The van der Waals surface area contributed by atoms with Gasteiger partial charge in [-0.2, -0.15) is 5.26 Å². The standard InChI is InChI=1S/C17H21N5O/c1-10(2)15-14(11-4-6-13(23-3)7-5-11)17-20-9-12(8-18)16(19)22(17)21-15/h4-7,9-10,14-15,17,19-21H,1-3H3. The first-order chi connectivity index (χ1) is 11.1. The maximum absolute atomic E-state index is 9.13. The van der Waals surface area contributed by atoms with Crippen LogP contribution in [-0.2, 0) is 0 Å². The molecule has 0 bridgehead atoms. The van der Waals surface area contributed by atoms with E-state index in [0.717, 1.165) is 5.75 Å². The number of methoxy groups -OCH3 is 1. The lowest BCUT2D eigenvalue weighted by Crippen LogP contribution is -2.52. The molecule has 1 aromatic rings. The number of benzene rings is 1. The van der Waals surface area contributed by atoms with E-state index in [-0.39, 0.29) is 24.0 Å². The van der Waals surface area contributed by atoms with Gasteiger partial charge in [-0.25, -0.2) is 5.43 Å². The van der Waals surface area contributed by atoms with Crippen LogP contribution in [0.2, 0.25) is 0 Å². The van der Waals surface area contributed by atoms with E-state index in [1.165, 1.54) is 5.56 Å². The molecule has 0 amide bonds. The Morgan fingerprint density at radius 3 is 2.57 bits per heavy atom. The summed E-state index contributed by atoms with van der Waals surface area (Å²) in [5.74, 6) is 1.59. The van der Waals surface area contributed by atoms with E-state index in [9.17, 15) is 0 Å². The van der Waals surface area contributed by atoms with E-state index in [4.69, 9.17) is 15.4 Å². The number of nitrogens with one attached hydrogen (secondary N) is 3. The summed E-state index contributed by atoms with van der Waals surface area (Å²) in [5.41, 5.74) is 4.93. The van der Waals surface area contributed by atoms with Gasteiger partial charge < -0.3 is 10.1 Å². The maximum atomic E-state index is 9.13. The van der Waals surface area contributed by atoms with Crippen molar-refractivity contribution in [2.24, 2.45) is 5.92 Å².